The van der Waals surface area contributed by atoms with E-state index in [-0.39, 0.29) is 17.0 Å². The first-order chi connectivity index (χ1) is 11.3. The Morgan fingerprint density at radius 1 is 1.21 bits per heavy atom. The Bertz CT molecular complexity index is 890. The van der Waals surface area contributed by atoms with Crippen LogP contribution in [0.3, 0.4) is 0 Å². The minimum Gasteiger partial charge on any atom is -0.476 e. The molecule has 0 fully saturated rings. The monoisotopic (exact) mass is 368 g/mol. The maximum atomic E-state index is 12.4. The number of carbonyl (C=O) groups excluding carboxylic acids is 1. The summed E-state index contributed by atoms with van der Waals surface area (Å²) in [6, 6.07) is 4.60. The van der Waals surface area contributed by atoms with Gasteiger partial charge in [0.2, 0.25) is 11.1 Å². The van der Waals surface area contributed by atoms with E-state index in [2.05, 4.69) is 5.10 Å². The van der Waals surface area contributed by atoms with Crippen molar-refractivity contribution in [3.8, 4) is 5.69 Å². The SMILES string of the molecule is CCC(=O)c1c(CC)n(-c2ccc(Cl)c(Cl)c2)nc(C(=O)O)c1=O. The van der Waals surface area contributed by atoms with Gasteiger partial charge in [0, 0.05) is 6.42 Å². The number of ketones is 1. The third-order valence-corrected chi connectivity index (χ3v) is 4.21. The van der Waals surface area contributed by atoms with Gasteiger partial charge in [0.1, 0.15) is 0 Å². The summed E-state index contributed by atoms with van der Waals surface area (Å²) in [6.07, 6.45) is 0.385. The minimum atomic E-state index is -1.50. The smallest absolute Gasteiger partial charge is 0.360 e. The number of Topliss-reactive ketones (excluding diaryl/α,β-unsaturated/α-hetero) is 1. The van der Waals surface area contributed by atoms with Crippen LogP contribution in [0.5, 0.6) is 0 Å². The number of hydrogen-bond donors (Lipinski definition) is 1. The molecule has 1 aromatic carbocycles. The normalized spacial score (nSPS) is 10.7. The van der Waals surface area contributed by atoms with Gasteiger partial charge in [0.05, 0.1) is 27.0 Å². The average molecular weight is 369 g/mol. The fourth-order valence-electron chi connectivity index (χ4n) is 2.32. The van der Waals surface area contributed by atoms with Crippen LogP contribution in [0.4, 0.5) is 0 Å². The summed E-state index contributed by atoms with van der Waals surface area (Å²) in [5.74, 6) is -1.93. The van der Waals surface area contributed by atoms with E-state index >= 15 is 0 Å². The summed E-state index contributed by atoms with van der Waals surface area (Å²) in [5.41, 5.74) is -1.000. The summed E-state index contributed by atoms with van der Waals surface area (Å²) in [6.45, 7) is 3.35. The van der Waals surface area contributed by atoms with E-state index in [4.69, 9.17) is 23.2 Å². The topological polar surface area (TPSA) is 89.3 Å². The third kappa shape index (κ3) is 3.20. The molecule has 0 aliphatic carbocycles. The minimum absolute atomic E-state index is 0.0761. The van der Waals surface area contributed by atoms with Gasteiger partial charge in [-0.05, 0) is 24.6 Å². The number of aromatic nitrogens is 2. The standard InChI is InChI=1S/C16H14Cl2N2O4/c1-3-11-13(12(21)4-2)15(22)14(16(23)24)19-20(11)8-5-6-9(17)10(18)7-8/h5-7H,3-4H2,1-2H3,(H,23,24). The molecule has 0 aliphatic heterocycles. The number of carbonyl (C=O) groups is 2. The molecule has 0 aliphatic rings. The second kappa shape index (κ2) is 7.15. The van der Waals surface area contributed by atoms with Gasteiger partial charge < -0.3 is 5.11 Å². The van der Waals surface area contributed by atoms with Crippen LogP contribution in [0, 0.1) is 0 Å². The number of nitrogens with zero attached hydrogens (tertiary/aromatic N) is 2. The van der Waals surface area contributed by atoms with Gasteiger partial charge in [0.25, 0.3) is 0 Å². The zero-order valence-corrected chi connectivity index (χ0v) is 14.5. The lowest BCUT2D eigenvalue weighted by molar-refractivity contribution is 0.0686. The fourth-order valence-corrected chi connectivity index (χ4v) is 2.61. The number of carboxylic acid groups (broad SMARTS) is 1. The molecule has 0 unspecified atom stereocenters. The van der Waals surface area contributed by atoms with Gasteiger partial charge in [-0.1, -0.05) is 37.0 Å². The molecule has 0 amide bonds. The van der Waals surface area contributed by atoms with Crippen molar-refractivity contribution in [2.75, 3.05) is 0 Å². The molecule has 1 heterocycles. The molecular weight excluding hydrogens is 355 g/mol. The largest absolute Gasteiger partial charge is 0.476 e. The third-order valence-electron chi connectivity index (χ3n) is 3.47. The molecule has 0 radical (unpaired) electrons. The molecule has 126 valence electrons. The first-order valence-electron chi connectivity index (χ1n) is 7.19. The van der Waals surface area contributed by atoms with E-state index in [1.165, 1.54) is 16.8 Å². The van der Waals surface area contributed by atoms with Crippen LogP contribution in [-0.2, 0) is 6.42 Å². The molecule has 0 saturated heterocycles. The fraction of sp³-hybridized carbons (Fsp3) is 0.250. The average Bonchev–Trinajstić information content (AvgIpc) is 2.55. The highest BCUT2D eigenvalue weighted by Gasteiger charge is 2.24. The number of carboxylic acids is 1. The van der Waals surface area contributed by atoms with Crippen molar-refractivity contribution in [3.05, 3.63) is 55.4 Å². The second-order valence-electron chi connectivity index (χ2n) is 4.95. The Hall–Kier alpha value is -2.18. The Labute approximate surface area is 147 Å². The molecule has 0 bridgehead atoms. The molecule has 1 N–H and O–H groups in total. The van der Waals surface area contributed by atoms with Crippen molar-refractivity contribution in [1.82, 2.24) is 9.78 Å². The molecule has 1 aromatic heterocycles. The molecule has 0 saturated carbocycles. The highest BCUT2D eigenvalue weighted by molar-refractivity contribution is 6.42. The van der Waals surface area contributed by atoms with Gasteiger partial charge in [0.15, 0.2) is 5.78 Å². The van der Waals surface area contributed by atoms with Crippen LogP contribution < -0.4 is 5.43 Å². The lowest BCUT2D eigenvalue weighted by Crippen LogP contribution is -2.30. The van der Waals surface area contributed by atoms with Gasteiger partial charge in [-0.3, -0.25) is 9.59 Å². The van der Waals surface area contributed by atoms with Crippen molar-refractivity contribution in [2.45, 2.75) is 26.7 Å². The maximum absolute atomic E-state index is 12.4. The molecule has 8 heteroatoms. The van der Waals surface area contributed by atoms with E-state index in [0.717, 1.165) is 0 Å². The van der Waals surface area contributed by atoms with Gasteiger partial charge in [-0.25, -0.2) is 9.48 Å². The van der Waals surface area contributed by atoms with Gasteiger partial charge >= 0.3 is 5.97 Å². The number of halogens is 2. The van der Waals surface area contributed by atoms with Crippen molar-refractivity contribution >= 4 is 35.0 Å². The van der Waals surface area contributed by atoms with E-state index in [9.17, 15) is 19.5 Å². The molecule has 2 aromatic rings. The highest BCUT2D eigenvalue weighted by Crippen LogP contribution is 2.25. The van der Waals surface area contributed by atoms with Gasteiger partial charge in [-0.2, -0.15) is 5.10 Å². The Morgan fingerprint density at radius 3 is 2.38 bits per heavy atom. The van der Waals surface area contributed by atoms with Crippen LogP contribution in [0.1, 0.15) is 46.8 Å². The second-order valence-corrected chi connectivity index (χ2v) is 5.76. The lowest BCUT2D eigenvalue weighted by atomic mass is 10.0. The highest BCUT2D eigenvalue weighted by atomic mass is 35.5. The van der Waals surface area contributed by atoms with Crippen molar-refractivity contribution in [3.63, 3.8) is 0 Å². The molecule has 6 nitrogen and oxygen atoms in total. The van der Waals surface area contributed by atoms with Crippen LogP contribution in [0.2, 0.25) is 10.0 Å². The number of rotatable bonds is 5. The first-order valence-corrected chi connectivity index (χ1v) is 7.95. The summed E-state index contributed by atoms with van der Waals surface area (Å²) < 4.78 is 1.26. The first kappa shape index (κ1) is 18.2. The quantitative estimate of drug-likeness (QED) is 0.816. The maximum Gasteiger partial charge on any atom is 0.360 e. The summed E-state index contributed by atoms with van der Waals surface area (Å²) in [7, 11) is 0. The Balaban J connectivity index is 2.91. The lowest BCUT2D eigenvalue weighted by Gasteiger charge is -2.16. The Morgan fingerprint density at radius 2 is 1.88 bits per heavy atom. The predicted octanol–water partition coefficient (Wildman–Crippen LogP) is 3.39. The molecular formula is C16H14Cl2N2O4. The van der Waals surface area contributed by atoms with Gasteiger partial charge in [-0.15, -0.1) is 0 Å². The van der Waals surface area contributed by atoms with Crippen molar-refractivity contribution in [2.24, 2.45) is 0 Å². The zero-order chi connectivity index (χ0) is 18.0. The molecule has 2 rings (SSSR count). The number of benzene rings is 1. The molecule has 0 spiro atoms. The molecule has 0 atom stereocenters. The summed E-state index contributed by atoms with van der Waals surface area (Å²) in [5, 5.41) is 13.7. The zero-order valence-electron chi connectivity index (χ0n) is 13.0. The van der Waals surface area contributed by atoms with Crippen molar-refractivity contribution < 1.29 is 14.7 Å². The number of hydrogen-bond acceptors (Lipinski definition) is 4. The van der Waals surface area contributed by atoms with E-state index in [1.54, 1.807) is 19.9 Å². The van der Waals surface area contributed by atoms with E-state index in [0.29, 0.717) is 22.8 Å². The number of aromatic carboxylic acids is 1. The van der Waals surface area contributed by atoms with E-state index in [1.807, 2.05) is 0 Å². The van der Waals surface area contributed by atoms with Crippen LogP contribution in [-0.4, -0.2) is 26.6 Å². The van der Waals surface area contributed by atoms with Crippen LogP contribution >= 0.6 is 23.2 Å². The molecule has 24 heavy (non-hydrogen) atoms. The van der Waals surface area contributed by atoms with Crippen molar-refractivity contribution in [1.29, 1.82) is 0 Å². The predicted molar refractivity (Wildman–Crippen MR) is 90.8 cm³/mol. The summed E-state index contributed by atoms with van der Waals surface area (Å²) >= 11 is 11.9. The Kier molecular flexibility index (Phi) is 5.41. The summed E-state index contributed by atoms with van der Waals surface area (Å²) in [4.78, 5) is 35.9. The van der Waals surface area contributed by atoms with Crippen LogP contribution in [0.15, 0.2) is 23.0 Å². The van der Waals surface area contributed by atoms with Crippen LogP contribution in [0.25, 0.3) is 5.69 Å². The van der Waals surface area contributed by atoms with E-state index < -0.39 is 22.9 Å².